The molecule has 114 valence electrons. The topological polar surface area (TPSA) is 77.8 Å². The zero-order valence-corrected chi connectivity index (χ0v) is 12.4. The monoisotopic (exact) mass is 283 g/mol. The number of carboxylic acid groups (broad SMARTS) is 1. The van der Waals surface area contributed by atoms with Gasteiger partial charge in [0.15, 0.2) is 0 Å². The SMILES string of the molecule is CC(C)(CC(=O)N1CCC2(O)CCCCC2C1)C(=O)O. The van der Waals surface area contributed by atoms with Gasteiger partial charge in [0.25, 0.3) is 0 Å². The largest absolute Gasteiger partial charge is 0.481 e. The standard InChI is InChI=1S/C15H25NO4/c1-14(2,13(18)19)9-12(17)16-8-7-15(20)6-4-3-5-11(15)10-16/h11,20H,3-10H2,1-2H3,(H,18,19). The molecule has 5 heteroatoms. The van der Waals surface area contributed by atoms with Crippen LogP contribution in [0.2, 0.25) is 0 Å². The second-order valence-corrected chi connectivity index (χ2v) is 7.00. The molecule has 0 radical (unpaired) electrons. The lowest BCUT2D eigenvalue weighted by atomic mass is 9.71. The Morgan fingerprint density at radius 2 is 2.00 bits per heavy atom. The van der Waals surface area contributed by atoms with Crippen LogP contribution in [0.3, 0.4) is 0 Å². The second kappa shape index (κ2) is 5.35. The fourth-order valence-corrected chi connectivity index (χ4v) is 3.36. The van der Waals surface area contributed by atoms with Gasteiger partial charge in [-0.25, -0.2) is 0 Å². The number of carbonyl (C=O) groups is 2. The van der Waals surface area contributed by atoms with Gasteiger partial charge in [-0.3, -0.25) is 9.59 Å². The van der Waals surface area contributed by atoms with Crippen LogP contribution >= 0.6 is 0 Å². The quantitative estimate of drug-likeness (QED) is 0.825. The predicted octanol–water partition coefficient (Wildman–Crippen LogP) is 1.64. The van der Waals surface area contributed by atoms with Gasteiger partial charge in [0.2, 0.25) is 5.91 Å². The number of hydrogen-bond acceptors (Lipinski definition) is 3. The molecule has 2 aliphatic rings. The maximum atomic E-state index is 12.3. The molecule has 1 heterocycles. The Morgan fingerprint density at radius 1 is 1.30 bits per heavy atom. The average Bonchev–Trinajstić information content (AvgIpc) is 2.36. The Labute approximate surface area is 120 Å². The summed E-state index contributed by atoms with van der Waals surface area (Å²) in [5.74, 6) is -0.899. The summed E-state index contributed by atoms with van der Waals surface area (Å²) in [5, 5.41) is 19.7. The molecule has 2 unspecified atom stereocenters. The van der Waals surface area contributed by atoms with E-state index in [2.05, 4.69) is 0 Å². The van der Waals surface area contributed by atoms with Crippen molar-refractivity contribution >= 4 is 11.9 Å². The third-order valence-corrected chi connectivity index (χ3v) is 4.95. The van der Waals surface area contributed by atoms with Gasteiger partial charge in [0.05, 0.1) is 11.0 Å². The van der Waals surface area contributed by atoms with E-state index in [4.69, 9.17) is 5.11 Å². The first-order valence-electron chi connectivity index (χ1n) is 7.48. The number of nitrogens with zero attached hydrogens (tertiary/aromatic N) is 1. The first-order valence-corrected chi connectivity index (χ1v) is 7.48. The number of aliphatic carboxylic acids is 1. The first-order chi connectivity index (χ1) is 9.24. The highest BCUT2D eigenvalue weighted by atomic mass is 16.4. The molecule has 1 aliphatic carbocycles. The molecule has 2 N–H and O–H groups in total. The number of piperidine rings is 1. The Kier molecular flexibility index (Phi) is 4.09. The van der Waals surface area contributed by atoms with E-state index in [-0.39, 0.29) is 18.2 Å². The van der Waals surface area contributed by atoms with E-state index in [0.717, 1.165) is 25.7 Å². The van der Waals surface area contributed by atoms with Crippen LogP contribution in [0.25, 0.3) is 0 Å². The van der Waals surface area contributed by atoms with Gasteiger partial charge >= 0.3 is 5.97 Å². The molecule has 1 amide bonds. The van der Waals surface area contributed by atoms with Crippen molar-refractivity contribution in [2.24, 2.45) is 11.3 Å². The van der Waals surface area contributed by atoms with Gasteiger partial charge in [-0.1, -0.05) is 12.8 Å². The van der Waals surface area contributed by atoms with Crippen LogP contribution in [-0.2, 0) is 9.59 Å². The zero-order chi connectivity index (χ0) is 15.0. The highest BCUT2D eigenvalue weighted by Crippen LogP contribution is 2.40. The summed E-state index contributed by atoms with van der Waals surface area (Å²) in [7, 11) is 0. The third kappa shape index (κ3) is 2.97. The van der Waals surface area contributed by atoms with Gasteiger partial charge in [0, 0.05) is 25.4 Å². The Hall–Kier alpha value is -1.10. The number of likely N-dealkylation sites (tertiary alicyclic amines) is 1. The van der Waals surface area contributed by atoms with Crippen molar-refractivity contribution in [1.29, 1.82) is 0 Å². The normalized spacial score (nSPS) is 30.8. The van der Waals surface area contributed by atoms with E-state index < -0.39 is 17.0 Å². The van der Waals surface area contributed by atoms with Crippen molar-refractivity contribution in [3.63, 3.8) is 0 Å². The Balaban J connectivity index is 1.98. The molecule has 0 spiro atoms. The number of hydrogen-bond donors (Lipinski definition) is 2. The van der Waals surface area contributed by atoms with Crippen LogP contribution in [0, 0.1) is 11.3 Å². The van der Waals surface area contributed by atoms with Crippen LogP contribution in [0.4, 0.5) is 0 Å². The van der Waals surface area contributed by atoms with Gasteiger partial charge in [-0.05, 0) is 33.1 Å². The number of carboxylic acids is 1. The van der Waals surface area contributed by atoms with Crippen molar-refractivity contribution in [3.05, 3.63) is 0 Å². The molecule has 2 atom stereocenters. The number of amides is 1. The number of carbonyl (C=O) groups excluding carboxylic acids is 1. The maximum Gasteiger partial charge on any atom is 0.309 e. The van der Waals surface area contributed by atoms with Gasteiger partial charge < -0.3 is 15.1 Å². The molecule has 2 fully saturated rings. The first kappa shape index (κ1) is 15.3. The molecule has 5 nitrogen and oxygen atoms in total. The van der Waals surface area contributed by atoms with Crippen LogP contribution in [0.1, 0.15) is 52.4 Å². The van der Waals surface area contributed by atoms with Crippen LogP contribution < -0.4 is 0 Å². The van der Waals surface area contributed by atoms with E-state index in [9.17, 15) is 14.7 Å². The van der Waals surface area contributed by atoms with Crippen molar-refractivity contribution in [2.45, 2.75) is 58.0 Å². The van der Waals surface area contributed by atoms with E-state index in [1.165, 1.54) is 0 Å². The lowest BCUT2D eigenvalue weighted by Crippen LogP contribution is -2.55. The molecule has 0 aromatic carbocycles. The maximum absolute atomic E-state index is 12.3. The van der Waals surface area contributed by atoms with Crippen LogP contribution in [0.5, 0.6) is 0 Å². The molecule has 0 bridgehead atoms. The summed E-state index contributed by atoms with van der Waals surface area (Å²) in [4.78, 5) is 25.1. The summed E-state index contributed by atoms with van der Waals surface area (Å²) in [6, 6.07) is 0. The summed E-state index contributed by atoms with van der Waals surface area (Å²) >= 11 is 0. The predicted molar refractivity (Wildman–Crippen MR) is 74.1 cm³/mol. The molecule has 20 heavy (non-hydrogen) atoms. The molecular weight excluding hydrogens is 258 g/mol. The fourth-order valence-electron chi connectivity index (χ4n) is 3.36. The highest BCUT2D eigenvalue weighted by molar-refractivity contribution is 5.84. The van der Waals surface area contributed by atoms with Gasteiger partial charge in [0.1, 0.15) is 0 Å². The minimum Gasteiger partial charge on any atom is -0.481 e. The fraction of sp³-hybridized carbons (Fsp3) is 0.867. The molecule has 0 aromatic heterocycles. The highest BCUT2D eigenvalue weighted by Gasteiger charge is 2.44. The van der Waals surface area contributed by atoms with Crippen LogP contribution in [-0.4, -0.2) is 45.7 Å². The molecule has 0 aromatic rings. The van der Waals surface area contributed by atoms with Crippen molar-refractivity contribution in [2.75, 3.05) is 13.1 Å². The van der Waals surface area contributed by atoms with Crippen molar-refractivity contribution < 1.29 is 19.8 Å². The second-order valence-electron chi connectivity index (χ2n) is 7.00. The molecule has 1 saturated carbocycles. The van der Waals surface area contributed by atoms with Crippen molar-refractivity contribution in [1.82, 2.24) is 4.90 Å². The number of rotatable bonds is 3. The zero-order valence-electron chi connectivity index (χ0n) is 12.4. The Morgan fingerprint density at radius 3 is 2.65 bits per heavy atom. The summed E-state index contributed by atoms with van der Waals surface area (Å²) < 4.78 is 0. The minimum atomic E-state index is -1.03. The lowest BCUT2D eigenvalue weighted by molar-refractivity contribution is -0.155. The molecule has 1 aliphatic heterocycles. The Bertz CT molecular complexity index is 407. The minimum absolute atomic E-state index is 0.0213. The molecular formula is C15H25NO4. The number of fused-ring (bicyclic) bond motifs is 1. The van der Waals surface area contributed by atoms with E-state index >= 15 is 0 Å². The van der Waals surface area contributed by atoms with E-state index in [1.807, 2.05) is 0 Å². The molecule has 1 saturated heterocycles. The smallest absolute Gasteiger partial charge is 0.309 e. The van der Waals surface area contributed by atoms with Crippen LogP contribution in [0.15, 0.2) is 0 Å². The van der Waals surface area contributed by atoms with Crippen molar-refractivity contribution in [3.8, 4) is 0 Å². The van der Waals surface area contributed by atoms with E-state index in [1.54, 1.807) is 18.7 Å². The molecule has 2 rings (SSSR count). The third-order valence-electron chi connectivity index (χ3n) is 4.95. The van der Waals surface area contributed by atoms with Gasteiger partial charge in [-0.2, -0.15) is 0 Å². The summed E-state index contributed by atoms with van der Waals surface area (Å²) in [6.07, 6.45) is 4.61. The number of aliphatic hydroxyl groups is 1. The lowest BCUT2D eigenvalue weighted by Gasteiger charge is -2.47. The summed E-state index contributed by atoms with van der Waals surface area (Å²) in [6.45, 7) is 4.27. The summed E-state index contributed by atoms with van der Waals surface area (Å²) in [5.41, 5.74) is -1.63. The average molecular weight is 283 g/mol. The van der Waals surface area contributed by atoms with Gasteiger partial charge in [-0.15, -0.1) is 0 Å². The van der Waals surface area contributed by atoms with E-state index in [0.29, 0.717) is 19.5 Å².